The molecule has 144 valence electrons. The maximum Gasteiger partial charge on any atom is 0.262 e. The van der Waals surface area contributed by atoms with Gasteiger partial charge in [0.15, 0.2) is 6.61 Å². The van der Waals surface area contributed by atoms with Crippen molar-refractivity contribution in [2.45, 2.75) is 6.92 Å². The highest BCUT2D eigenvalue weighted by Crippen LogP contribution is 2.25. The molecule has 0 atom stereocenters. The maximum atomic E-state index is 12.1. The fourth-order valence-corrected chi connectivity index (χ4v) is 2.80. The Morgan fingerprint density at radius 1 is 0.897 bits per heavy atom. The van der Waals surface area contributed by atoms with Crippen LogP contribution in [0, 0.1) is 6.92 Å². The Balaban J connectivity index is 1.36. The number of aromatic nitrogens is 2. The van der Waals surface area contributed by atoms with Crippen molar-refractivity contribution < 1.29 is 13.9 Å². The first-order chi connectivity index (χ1) is 14.2. The van der Waals surface area contributed by atoms with Crippen LogP contribution >= 0.6 is 0 Å². The number of anilines is 1. The minimum Gasteiger partial charge on any atom is -0.484 e. The van der Waals surface area contributed by atoms with Gasteiger partial charge in [-0.15, -0.1) is 10.2 Å². The van der Waals surface area contributed by atoms with E-state index in [1.807, 2.05) is 73.7 Å². The van der Waals surface area contributed by atoms with Gasteiger partial charge in [0.25, 0.3) is 5.91 Å². The number of rotatable bonds is 6. The predicted molar refractivity (Wildman–Crippen MR) is 110 cm³/mol. The molecule has 29 heavy (non-hydrogen) atoms. The van der Waals surface area contributed by atoms with E-state index in [-0.39, 0.29) is 12.5 Å². The van der Waals surface area contributed by atoms with Crippen molar-refractivity contribution in [3.05, 3.63) is 84.4 Å². The molecule has 1 amide bonds. The molecule has 1 aromatic heterocycles. The summed E-state index contributed by atoms with van der Waals surface area (Å²) in [6.07, 6.45) is 0. The van der Waals surface area contributed by atoms with Crippen LogP contribution in [0.25, 0.3) is 22.9 Å². The zero-order valence-electron chi connectivity index (χ0n) is 15.8. The highest BCUT2D eigenvalue weighted by atomic mass is 16.5. The maximum absolute atomic E-state index is 12.1. The van der Waals surface area contributed by atoms with Gasteiger partial charge in [0.2, 0.25) is 11.8 Å². The molecule has 0 unspecified atom stereocenters. The second-order valence-corrected chi connectivity index (χ2v) is 6.51. The third-order valence-electron chi connectivity index (χ3n) is 4.22. The molecular formula is C23H19N3O3. The molecule has 0 fully saturated rings. The number of ether oxygens (including phenoxy) is 1. The third kappa shape index (κ3) is 4.68. The lowest BCUT2D eigenvalue weighted by atomic mass is 10.2. The molecule has 0 saturated heterocycles. The number of carbonyl (C=O) groups excluding carboxylic acids is 1. The SMILES string of the molecule is Cc1cccc(NC(=O)COc2ccc(-c3nnc(-c4ccccc4)o3)cc2)c1. The van der Waals surface area contributed by atoms with Crippen LogP contribution in [0.3, 0.4) is 0 Å². The first-order valence-corrected chi connectivity index (χ1v) is 9.16. The Morgan fingerprint density at radius 3 is 2.28 bits per heavy atom. The second kappa shape index (κ2) is 8.39. The van der Waals surface area contributed by atoms with Crippen LogP contribution in [0.1, 0.15) is 5.56 Å². The quantitative estimate of drug-likeness (QED) is 0.519. The molecule has 4 rings (SSSR count). The molecule has 1 heterocycles. The predicted octanol–water partition coefficient (Wildman–Crippen LogP) is 4.73. The fraction of sp³-hybridized carbons (Fsp3) is 0.0870. The number of hydrogen-bond acceptors (Lipinski definition) is 5. The zero-order chi connectivity index (χ0) is 20.1. The number of amides is 1. The van der Waals surface area contributed by atoms with E-state index in [0.29, 0.717) is 17.5 Å². The summed E-state index contributed by atoms with van der Waals surface area (Å²) >= 11 is 0. The lowest BCUT2D eigenvalue weighted by Gasteiger charge is -2.08. The van der Waals surface area contributed by atoms with Gasteiger partial charge in [-0.2, -0.15) is 0 Å². The molecule has 6 nitrogen and oxygen atoms in total. The summed E-state index contributed by atoms with van der Waals surface area (Å²) in [5.74, 6) is 1.25. The number of hydrogen-bond donors (Lipinski definition) is 1. The van der Waals surface area contributed by atoms with Crippen molar-refractivity contribution >= 4 is 11.6 Å². The van der Waals surface area contributed by atoms with Crippen molar-refractivity contribution in [3.63, 3.8) is 0 Å². The van der Waals surface area contributed by atoms with Crippen LogP contribution in [0.5, 0.6) is 5.75 Å². The van der Waals surface area contributed by atoms with Gasteiger partial charge in [-0.25, -0.2) is 0 Å². The van der Waals surface area contributed by atoms with E-state index in [4.69, 9.17) is 9.15 Å². The molecule has 0 saturated carbocycles. The van der Waals surface area contributed by atoms with E-state index in [2.05, 4.69) is 15.5 Å². The van der Waals surface area contributed by atoms with Gasteiger partial charge < -0.3 is 14.5 Å². The Labute approximate surface area is 168 Å². The second-order valence-electron chi connectivity index (χ2n) is 6.51. The van der Waals surface area contributed by atoms with Gasteiger partial charge in [-0.05, 0) is 61.0 Å². The van der Waals surface area contributed by atoms with E-state index in [1.54, 1.807) is 12.1 Å². The first-order valence-electron chi connectivity index (χ1n) is 9.16. The van der Waals surface area contributed by atoms with Crippen LogP contribution in [-0.2, 0) is 4.79 Å². The van der Waals surface area contributed by atoms with Gasteiger partial charge >= 0.3 is 0 Å². The molecular weight excluding hydrogens is 366 g/mol. The zero-order valence-corrected chi connectivity index (χ0v) is 15.8. The van der Waals surface area contributed by atoms with Crippen LogP contribution in [0.15, 0.2) is 83.3 Å². The van der Waals surface area contributed by atoms with E-state index in [1.165, 1.54) is 0 Å². The summed E-state index contributed by atoms with van der Waals surface area (Å²) in [5, 5.41) is 11.0. The van der Waals surface area contributed by atoms with Gasteiger partial charge in [-0.3, -0.25) is 4.79 Å². The Morgan fingerprint density at radius 2 is 1.59 bits per heavy atom. The lowest BCUT2D eigenvalue weighted by molar-refractivity contribution is -0.118. The van der Waals surface area contributed by atoms with Gasteiger partial charge in [0.05, 0.1) is 0 Å². The monoisotopic (exact) mass is 385 g/mol. The van der Waals surface area contributed by atoms with Crippen LogP contribution in [0.4, 0.5) is 5.69 Å². The number of carbonyl (C=O) groups is 1. The summed E-state index contributed by atoms with van der Waals surface area (Å²) in [5.41, 5.74) is 3.47. The highest BCUT2D eigenvalue weighted by Gasteiger charge is 2.10. The molecule has 0 aliphatic carbocycles. The number of aryl methyl sites for hydroxylation is 1. The molecule has 4 aromatic rings. The van der Waals surface area contributed by atoms with E-state index >= 15 is 0 Å². The minimum absolute atomic E-state index is 0.0774. The largest absolute Gasteiger partial charge is 0.484 e. The van der Waals surface area contributed by atoms with E-state index in [0.717, 1.165) is 22.4 Å². The molecule has 6 heteroatoms. The fourth-order valence-electron chi connectivity index (χ4n) is 2.80. The molecule has 1 N–H and O–H groups in total. The van der Waals surface area contributed by atoms with Crippen molar-refractivity contribution in [1.82, 2.24) is 10.2 Å². The smallest absolute Gasteiger partial charge is 0.262 e. The standard InChI is InChI=1S/C23H19N3O3/c1-16-6-5-9-19(14-16)24-21(27)15-28-20-12-10-18(11-13-20)23-26-25-22(29-23)17-7-3-2-4-8-17/h2-14H,15H2,1H3,(H,24,27). The number of benzene rings is 3. The van der Waals surface area contributed by atoms with Crippen molar-refractivity contribution in [3.8, 4) is 28.7 Å². The summed E-state index contributed by atoms with van der Waals surface area (Å²) in [4.78, 5) is 12.1. The summed E-state index contributed by atoms with van der Waals surface area (Å²) in [6.45, 7) is 1.89. The van der Waals surface area contributed by atoms with Crippen LogP contribution in [0.2, 0.25) is 0 Å². The number of nitrogens with zero attached hydrogens (tertiary/aromatic N) is 2. The van der Waals surface area contributed by atoms with Gasteiger partial charge in [0, 0.05) is 16.8 Å². The highest BCUT2D eigenvalue weighted by molar-refractivity contribution is 5.91. The van der Waals surface area contributed by atoms with E-state index in [9.17, 15) is 4.79 Å². The van der Waals surface area contributed by atoms with Crippen LogP contribution in [-0.4, -0.2) is 22.7 Å². The molecule has 0 aliphatic rings. The first kappa shape index (κ1) is 18.4. The lowest BCUT2D eigenvalue weighted by Crippen LogP contribution is -2.20. The molecule has 0 spiro atoms. The third-order valence-corrected chi connectivity index (χ3v) is 4.22. The Kier molecular flexibility index (Phi) is 5.33. The van der Waals surface area contributed by atoms with Crippen LogP contribution < -0.4 is 10.1 Å². The molecule has 3 aromatic carbocycles. The molecule has 0 radical (unpaired) electrons. The van der Waals surface area contributed by atoms with Crippen molar-refractivity contribution in [1.29, 1.82) is 0 Å². The van der Waals surface area contributed by atoms with Crippen molar-refractivity contribution in [2.75, 3.05) is 11.9 Å². The topological polar surface area (TPSA) is 77.2 Å². The van der Waals surface area contributed by atoms with E-state index < -0.39 is 0 Å². The average molecular weight is 385 g/mol. The number of nitrogens with one attached hydrogen (secondary N) is 1. The Bertz CT molecular complexity index is 1110. The van der Waals surface area contributed by atoms with Gasteiger partial charge in [0.1, 0.15) is 5.75 Å². The minimum atomic E-state index is -0.218. The molecule has 0 bridgehead atoms. The summed E-state index contributed by atoms with van der Waals surface area (Å²) in [7, 11) is 0. The normalized spacial score (nSPS) is 10.5. The summed E-state index contributed by atoms with van der Waals surface area (Å²) < 4.78 is 11.3. The average Bonchev–Trinajstić information content (AvgIpc) is 3.24. The Hall–Kier alpha value is -3.93. The van der Waals surface area contributed by atoms with Crippen molar-refractivity contribution in [2.24, 2.45) is 0 Å². The molecule has 0 aliphatic heterocycles. The van der Waals surface area contributed by atoms with Gasteiger partial charge in [-0.1, -0.05) is 30.3 Å². The summed E-state index contributed by atoms with van der Waals surface area (Å²) in [6, 6.07) is 24.4.